The highest BCUT2D eigenvalue weighted by Gasteiger charge is 2.67. The van der Waals surface area contributed by atoms with Gasteiger partial charge in [-0.25, -0.2) is 0 Å². The molecule has 2 N–H and O–H groups in total. The topological polar surface area (TPSA) is 113 Å². The number of carbonyl (C=O) groups is 2. The predicted molar refractivity (Wildman–Crippen MR) is 159 cm³/mol. The molecule has 2 fully saturated rings. The minimum absolute atomic E-state index is 0.0187. The van der Waals surface area contributed by atoms with Crippen molar-refractivity contribution in [2.45, 2.75) is 56.7 Å². The van der Waals surface area contributed by atoms with Crippen LogP contribution in [0.3, 0.4) is 0 Å². The molecule has 1 aromatic heterocycles. The van der Waals surface area contributed by atoms with Crippen molar-refractivity contribution < 1.29 is 23.5 Å². The molecular weight excluding hydrogens is 555 g/mol. The summed E-state index contributed by atoms with van der Waals surface area (Å²) in [5.74, 6) is -0.734. The number of benzene rings is 2. The van der Waals surface area contributed by atoms with E-state index in [2.05, 4.69) is 15.6 Å². The molecule has 2 amide bonds. The third-order valence-corrected chi connectivity index (χ3v) is 11.3. The maximum absolute atomic E-state index is 16.2. The molecule has 4 heterocycles. The number of piperazine rings is 1. The van der Waals surface area contributed by atoms with Crippen molar-refractivity contribution in [1.82, 2.24) is 20.3 Å². The maximum atomic E-state index is 16.2. The number of anilines is 3. The number of aliphatic hydroxyl groups excluding tert-OH is 1. The molecule has 0 aliphatic carbocycles. The molecule has 0 saturated carbocycles. The number of carbonyl (C=O) groups excluding carboxylic acids is 2. The van der Waals surface area contributed by atoms with Gasteiger partial charge in [-0.2, -0.15) is 0 Å². The fourth-order valence-electron chi connectivity index (χ4n) is 7.05. The largest absolute Gasteiger partial charge is 0.396 e. The number of amides is 2. The highest BCUT2D eigenvalue weighted by molar-refractivity contribution is 6.72. The average molecular weight is 593 g/mol. The smallest absolute Gasteiger partial charge is 0.268 e. The summed E-state index contributed by atoms with van der Waals surface area (Å²) >= 11 is 0. The lowest BCUT2D eigenvalue weighted by Crippen LogP contribution is -2.48. The third-order valence-electron chi connectivity index (χ3n) is 8.86. The normalized spacial score (nSPS) is 26.0. The molecule has 2 aromatic carbocycles. The molecule has 3 aliphatic rings. The summed E-state index contributed by atoms with van der Waals surface area (Å²) < 4.78 is 24.8. The van der Waals surface area contributed by atoms with E-state index in [1.54, 1.807) is 33.8 Å². The number of para-hydroxylation sites is 1. The van der Waals surface area contributed by atoms with Crippen molar-refractivity contribution in [3.05, 3.63) is 66.0 Å². The Bertz CT molecular complexity index is 1480. The van der Waals surface area contributed by atoms with E-state index in [4.69, 9.17) is 4.74 Å². The number of aryl methyl sites for hydroxylation is 1. The van der Waals surface area contributed by atoms with Gasteiger partial charge in [0.15, 0.2) is 5.60 Å². The van der Waals surface area contributed by atoms with Gasteiger partial charge in [0.1, 0.15) is 0 Å². The Morgan fingerprint density at radius 1 is 1.17 bits per heavy atom. The Balaban J connectivity index is 1.43. The summed E-state index contributed by atoms with van der Waals surface area (Å²) in [5, 5.41) is 20.6. The Labute approximate surface area is 245 Å². The fourth-order valence-corrected chi connectivity index (χ4v) is 9.59. The number of halogens is 1. The summed E-state index contributed by atoms with van der Waals surface area (Å²) in [6, 6.07) is 15.1. The van der Waals surface area contributed by atoms with Crippen molar-refractivity contribution in [2.24, 2.45) is 5.92 Å². The average Bonchev–Trinajstić information content (AvgIpc) is 3.61. The van der Waals surface area contributed by atoms with Crippen LogP contribution < -0.4 is 15.1 Å². The lowest BCUT2D eigenvalue weighted by atomic mass is 9.82. The van der Waals surface area contributed by atoms with E-state index in [-0.39, 0.29) is 25.0 Å². The first kappa shape index (κ1) is 28.7. The van der Waals surface area contributed by atoms with Gasteiger partial charge in [0.25, 0.3) is 5.91 Å². The molecule has 10 nitrogen and oxygen atoms in total. The van der Waals surface area contributed by atoms with Gasteiger partial charge < -0.3 is 24.2 Å². The van der Waals surface area contributed by atoms with Crippen LogP contribution in [-0.4, -0.2) is 72.7 Å². The van der Waals surface area contributed by atoms with E-state index in [0.29, 0.717) is 60.8 Å². The molecule has 222 valence electrons. The summed E-state index contributed by atoms with van der Waals surface area (Å²) in [6.45, 7) is 7.16. The number of nitrogens with zero attached hydrogens (tertiary/aromatic N) is 5. The Kier molecular flexibility index (Phi) is 7.50. The SMILES string of the molecule is C[C@H]1[C@H]([Si](C)(C)F)[C@@H](CCn2cc(CCO)nn2)O[C@]12C(=O)N(c1ccccc1)c1ccc(N3CCNCC3=O)cc12. The van der Waals surface area contributed by atoms with Gasteiger partial charge in [0.2, 0.25) is 14.3 Å². The molecule has 3 aliphatic heterocycles. The van der Waals surface area contributed by atoms with Gasteiger partial charge in [-0.1, -0.05) is 30.3 Å². The van der Waals surface area contributed by atoms with Gasteiger partial charge in [0.05, 0.1) is 24.0 Å². The van der Waals surface area contributed by atoms with Crippen LogP contribution in [0.5, 0.6) is 0 Å². The molecule has 0 radical (unpaired) electrons. The molecule has 2 saturated heterocycles. The standard InChI is InChI=1S/C30H37FN6O4Si/c1-20-28(42(2,3)31)26(11-14-35-19-21(12-16-38)33-34-35)41-30(20)24-17-23(36-15-13-32-18-27(36)39)9-10-25(24)37(29(30)40)22-7-5-4-6-8-22/h4-10,17,19-20,26,28,32,38H,11-16,18H2,1-3H3/t20-,26+,28-,30+/m0/s1. The van der Waals surface area contributed by atoms with Gasteiger partial charge in [-0.3, -0.25) is 19.2 Å². The van der Waals surface area contributed by atoms with Crippen molar-refractivity contribution in [3.63, 3.8) is 0 Å². The van der Waals surface area contributed by atoms with Crippen LogP contribution in [-0.2, 0) is 32.9 Å². The van der Waals surface area contributed by atoms with E-state index in [1.807, 2.05) is 55.5 Å². The van der Waals surface area contributed by atoms with Crippen LogP contribution in [0.4, 0.5) is 21.2 Å². The number of fused-ring (bicyclic) bond motifs is 2. The van der Waals surface area contributed by atoms with Crippen molar-refractivity contribution >= 4 is 37.3 Å². The first-order valence-corrected chi connectivity index (χ1v) is 17.5. The number of ether oxygens (including phenoxy) is 1. The van der Waals surface area contributed by atoms with Crippen LogP contribution in [0.25, 0.3) is 0 Å². The Hall–Kier alpha value is -3.45. The molecule has 12 heteroatoms. The number of nitrogens with one attached hydrogen (secondary N) is 1. The first-order chi connectivity index (χ1) is 20.1. The Morgan fingerprint density at radius 2 is 1.95 bits per heavy atom. The van der Waals surface area contributed by atoms with Crippen molar-refractivity contribution in [2.75, 3.05) is 36.0 Å². The van der Waals surface area contributed by atoms with E-state index >= 15 is 4.11 Å². The molecule has 1 spiro atoms. The zero-order valence-electron chi connectivity index (χ0n) is 24.2. The number of aliphatic hydroxyl groups is 1. The molecule has 42 heavy (non-hydrogen) atoms. The summed E-state index contributed by atoms with van der Waals surface area (Å²) in [5.41, 5.74) is 1.58. The van der Waals surface area contributed by atoms with Crippen LogP contribution in [0, 0.1) is 5.92 Å². The molecule has 4 atom stereocenters. The second-order valence-electron chi connectivity index (χ2n) is 11.9. The lowest BCUT2D eigenvalue weighted by molar-refractivity contribution is -0.145. The second kappa shape index (κ2) is 11.0. The number of rotatable bonds is 8. The van der Waals surface area contributed by atoms with Crippen molar-refractivity contribution in [3.8, 4) is 0 Å². The maximum Gasteiger partial charge on any atom is 0.268 e. The quantitative estimate of drug-likeness (QED) is 0.305. The zero-order valence-corrected chi connectivity index (χ0v) is 25.2. The number of hydrogen-bond donors (Lipinski definition) is 2. The minimum atomic E-state index is -3.35. The lowest BCUT2D eigenvalue weighted by Gasteiger charge is -2.32. The van der Waals surface area contributed by atoms with Gasteiger partial charge in [0, 0.05) is 67.3 Å². The van der Waals surface area contributed by atoms with E-state index in [1.165, 1.54) is 0 Å². The number of hydrogen-bond acceptors (Lipinski definition) is 7. The second-order valence-corrected chi connectivity index (χ2v) is 15.7. The van der Waals surface area contributed by atoms with Crippen LogP contribution in [0.15, 0.2) is 54.7 Å². The minimum Gasteiger partial charge on any atom is -0.396 e. The zero-order chi connectivity index (χ0) is 29.6. The van der Waals surface area contributed by atoms with E-state index in [0.717, 1.165) is 0 Å². The summed E-state index contributed by atoms with van der Waals surface area (Å²) in [6.07, 6.45) is 2.10. The fraction of sp³-hybridized carbons (Fsp3) is 0.467. The van der Waals surface area contributed by atoms with Crippen molar-refractivity contribution in [1.29, 1.82) is 0 Å². The van der Waals surface area contributed by atoms with Gasteiger partial charge in [-0.15, -0.1) is 5.10 Å². The Morgan fingerprint density at radius 3 is 2.67 bits per heavy atom. The third kappa shape index (κ3) is 4.76. The molecule has 0 unspecified atom stereocenters. The highest BCUT2D eigenvalue weighted by atomic mass is 28.4. The molecular formula is C30H37FN6O4Si. The molecule has 0 bridgehead atoms. The first-order valence-electron chi connectivity index (χ1n) is 14.6. The summed E-state index contributed by atoms with van der Waals surface area (Å²) in [4.78, 5) is 30.9. The summed E-state index contributed by atoms with van der Waals surface area (Å²) in [7, 11) is -3.35. The predicted octanol–water partition coefficient (Wildman–Crippen LogP) is 3.29. The number of aromatic nitrogens is 3. The molecule has 3 aromatic rings. The van der Waals surface area contributed by atoms with Gasteiger partial charge in [-0.05, 0) is 49.8 Å². The van der Waals surface area contributed by atoms with Crippen LogP contribution in [0.2, 0.25) is 18.6 Å². The van der Waals surface area contributed by atoms with E-state index in [9.17, 15) is 14.7 Å². The van der Waals surface area contributed by atoms with Crippen LogP contribution in [0.1, 0.15) is 24.6 Å². The molecule has 6 rings (SSSR count). The van der Waals surface area contributed by atoms with Gasteiger partial charge >= 0.3 is 0 Å². The monoisotopic (exact) mass is 592 g/mol. The van der Waals surface area contributed by atoms with E-state index < -0.39 is 31.6 Å². The van der Waals surface area contributed by atoms with Crippen LogP contribution >= 0.6 is 0 Å². The highest BCUT2D eigenvalue weighted by Crippen LogP contribution is 2.61.